The van der Waals surface area contributed by atoms with Gasteiger partial charge in [-0.1, -0.05) is 35.9 Å². The molecule has 0 bridgehead atoms. The highest BCUT2D eigenvalue weighted by atomic mass is 32.1. The van der Waals surface area contributed by atoms with Gasteiger partial charge in [-0.25, -0.2) is 14.8 Å². The van der Waals surface area contributed by atoms with Crippen LogP contribution in [0.1, 0.15) is 45.9 Å². The zero-order chi connectivity index (χ0) is 18.8. The second kappa shape index (κ2) is 7.62. The Kier molecular flexibility index (Phi) is 5.05. The first-order valence-electron chi connectivity index (χ1n) is 8.75. The van der Waals surface area contributed by atoms with Crippen molar-refractivity contribution in [1.29, 1.82) is 0 Å². The maximum atomic E-state index is 12.0. The van der Waals surface area contributed by atoms with Crippen LogP contribution in [-0.2, 0) is 4.74 Å². The maximum Gasteiger partial charge on any atom is 0.357 e. The number of benzene rings is 1. The molecule has 0 saturated carbocycles. The number of hydrazone groups is 1. The van der Waals surface area contributed by atoms with Crippen molar-refractivity contribution < 1.29 is 9.53 Å². The van der Waals surface area contributed by atoms with E-state index in [9.17, 15) is 4.79 Å². The van der Waals surface area contributed by atoms with Crippen molar-refractivity contribution in [3.8, 4) is 0 Å². The van der Waals surface area contributed by atoms with Gasteiger partial charge in [-0.3, -0.25) is 0 Å². The monoisotopic (exact) mass is 397 g/mol. The molecule has 0 radical (unpaired) electrons. The lowest BCUT2D eigenvalue weighted by molar-refractivity contribution is 0.0520. The van der Waals surface area contributed by atoms with Crippen LogP contribution in [0.25, 0.3) is 0 Å². The van der Waals surface area contributed by atoms with Crippen molar-refractivity contribution in [2.75, 3.05) is 11.6 Å². The molecule has 1 aliphatic rings. The maximum absolute atomic E-state index is 12.0. The van der Waals surface area contributed by atoms with E-state index in [-0.39, 0.29) is 6.04 Å². The first-order chi connectivity index (χ1) is 13.2. The summed E-state index contributed by atoms with van der Waals surface area (Å²) in [6.45, 7) is 4.20. The lowest BCUT2D eigenvalue weighted by Gasteiger charge is -2.19. The Morgan fingerprint density at radius 2 is 2.07 bits per heavy atom. The van der Waals surface area contributed by atoms with E-state index in [1.807, 2.05) is 11.1 Å². The fourth-order valence-corrected chi connectivity index (χ4v) is 4.58. The predicted molar refractivity (Wildman–Crippen MR) is 110 cm³/mol. The van der Waals surface area contributed by atoms with Crippen LogP contribution in [0.15, 0.2) is 52.3 Å². The predicted octanol–water partition coefficient (Wildman–Crippen LogP) is 5.05. The van der Waals surface area contributed by atoms with Gasteiger partial charge in [0.2, 0.25) is 5.13 Å². The van der Waals surface area contributed by atoms with Crippen molar-refractivity contribution in [3.05, 3.63) is 68.9 Å². The van der Waals surface area contributed by atoms with Gasteiger partial charge < -0.3 is 4.74 Å². The van der Waals surface area contributed by atoms with Gasteiger partial charge in [0.15, 0.2) is 5.69 Å². The Morgan fingerprint density at radius 3 is 2.78 bits per heavy atom. The molecule has 2 aromatic heterocycles. The van der Waals surface area contributed by atoms with Crippen LogP contribution in [0.4, 0.5) is 5.13 Å². The number of nitrogens with zero attached hydrogens (tertiary/aromatic N) is 3. The standard InChI is InChI=1S/C20H19N3O2S2/c1-3-25-19(24)16-12-27-20(21-16)23-17(18-5-4-10-26-18)11-15(22-23)14-8-6-13(2)7-9-14/h4-10,12,17H,3,11H2,1-2H3. The number of hydrogen-bond donors (Lipinski definition) is 0. The third-order valence-corrected chi connectivity index (χ3v) is 6.14. The van der Waals surface area contributed by atoms with Crippen LogP contribution in [0, 0.1) is 6.92 Å². The number of ether oxygens (including phenoxy) is 1. The van der Waals surface area contributed by atoms with Crippen LogP contribution >= 0.6 is 22.7 Å². The van der Waals surface area contributed by atoms with Crippen molar-refractivity contribution >= 4 is 39.5 Å². The molecule has 0 amide bonds. The second-order valence-electron chi connectivity index (χ2n) is 6.23. The van der Waals surface area contributed by atoms with Gasteiger partial charge in [-0.2, -0.15) is 5.10 Å². The smallest absolute Gasteiger partial charge is 0.357 e. The summed E-state index contributed by atoms with van der Waals surface area (Å²) in [4.78, 5) is 17.7. The summed E-state index contributed by atoms with van der Waals surface area (Å²) in [7, 11) is 0. The molecule has 0 saturated heterocycles. The Hall–Kier alpha value is -2.51. The Labute approximate surface area is 165 Å². The molecule has 4 rings (SSSR count). The van der Waals surface area contributed by atoms with E-state index >= 15 is 0 Å². The van der Waals surface area contributed by atoms with E-state index in [0.29, 0.717) is 17.4 Å². The molecule has 1 aliphatic heterocycles. The van der Waals surface area contributed by atoms with E-state index in [2.05, 4.69) is 47.6 Å². The molecule has 3 aromatic rings. The third kappa shape index (κ3) is 3.65. The first-order valence-corrected chi connectivity index (χ1v) is 10.5. The van der Waals surface area contributed by atoms with Gasteiger partial charge in [-0.05, 0) is 30.9 Å². The summed E-state index contributed by atoms with van der Waals surface area (Å²) in [6.07, 6.45) is 0.803. The summed E-state index contributed by atoms with van der Waals surface area (Å²) in [5.74, 6) is -0.394. The van der Waals surface area contributed by atoms with Crippen LogP contribution in [0.3, 0.4) is 0 Å². The molecule has 138 valence electrons. The van der Waals surface area contributed by atoms with Crippen molar-refractivity contribution in [1.82, 2.24) is 4.98 Å². The molecule has 0 fully saturated rings. The molecule has 1 aromatic carbocycles. The van der Waals surface area contributed by atoms with Crippen LogP contribution in [0.5, 0.6) is 0 Å². The minimum absolute atomic E-state index is 0.0856. The van der Waals surface area contributed by atoms with Crippen molar-refractivity contribution in [2.45, 2.75) is 26.3 Å². The molecular formula is C20H19N3O2S2. The molecular weight excluding hydrogens is 378 g/mol. The zero-order valence-corrected chi connectivity index (χ0v) is 16.7. The van der Waals surface area contributed by atoms with Crippen LogP contribution in [0.2, 0.25) is 0 Å². The number of carbonyl (C=O) groups excluding carboxylic acids is 1. The first kappa shape index (κ1) is 17.9. The molecule has 5 nitrogen and oxygen atoms in total. The fourth-order valence-electron chi connectivity index (χ4n) is 2.98. The Morgan fingerprint density at radius 1 is 1.26 bits per heavy atom. The number of rotatable bonds is 5. The number of aromatic nitrogens is 1. The highest BCUT2D eigenvalue weighted by Crippen LogP contribution is 2.39. The SMILES string of the molecule is CCOC(=O)c1csc(N2N=C(c3ccc(C)cc3)CC2c2cccs2)n1. The average Bonchev–Trinajstić information content (AvgIpc) is 3.41. The van der Waals surface area contributed by atoms with E-state index in [1.165, 1.54) is 21.8 Å². The minimum Gasteiger partial charge on any atom is -0.461 e. The highest BCUT2D eigenvalue weighted by Gasteiger charge is 2.32. The number of hydrogen-bond acceptors (Lipinski definition) is 7. The van der Waals surface area contributed by atoms with E-state index in [0.717, 1.165) is 17.7 Å². The summed E-state index contributed by atoms with van der Waals surface area (Å²) in [6, 6.07) is 12.7. The van der Waals surface area contributed by atoms with Gasteiger partial charge in [0.1, 0.15) is 0 Å². The molecule has 0 aliphatic carbocycles. The summed E-state index contributed by atoms with van der Waals surface area (Å²) in [5.41, 5.74) is 3.71. The number of anilines is 1. The Bertz CT molecular complexity index is 962. The van der Waals surface area contributed by atoms with E-state index in [4.69, 9.17) is 9.84 Å². The molecule has 7 heteroatoms. The van der Waals surface area contributed by atoms with Gasteiger partial charge >= 0.3 is 5.97 Å². The Balaban J connectivity index is 1.68. The average molecular weight is 398 g/mol. The summed E-state index contributed by atoms with van der Waals surface area (Å²) in [5, 5.41) is 11.3. The zero-order valence-electron chi connectivity index (χ0n) is 15.1. The topological polar surface area (TPSA) is 54.8 Å². The van der Waals surface area contributed by atoms with Gasteiger partial charge in [0.25, 0.3) is 0 Å². The number of carbonyl (C=O) groups is 1. The highest BCUT2D eigenvalue weighted by molar-refractivity contribution is 7.14. The molecule has 0 N–H and O–H groups in total. The fraction of sp³-hybridized carbons (Fsp3) is 0.250. The van der Waals surface area contributed by atoms with Gasteiger partial charge in [0.05, 0.1) is 18.4 Å². The molecule has 0 spiro atoms. The summed E-state index contributed by atoms with van der Waals surface area (Å²) < 4.78 is 5.06. The normalized spacial score (nSPS) is 16.4. The van der Waals surface area contributed by atoms with Crippen LogP contribution < -0.4 is 5.01 Å². The molecule has 27 heavy (non-hydrogen) atoms. The number of thiophene rings is 1. The van der Waals surface area contributed by atoms with Gasteiger partial charge in [-0.15, -0.1) is 22.7 Å². The quantitative estimate of drug-likeness (QED) is 0.566. The largest absolute Gasteiger partial charge is 0.461 e. The lowest BCUT2D eigenvalue weighted by atomic mass is 10.0. The number of aryl methyl sites for hydroxylation is 1. The number of thiazole rings is 1. The minimum atomic E-state index is -0.394. The van der Waals surface area contributed by atoms with Gasteiger partial charge in [0, 0.05) is 16.7 Å². The lowest BCUT2D eigenvalue weighted by Crippen LogP contribution is -2.17. The van der Waals surface area contributed by atoms with Crippen molar-refractivity contribution in [3.63, 3.8) is 0 Å². The van der Waals surface area contributed by atoms with Crippen LogP contribution in [-0.4, -0.2) is 23.3 Å². The second-order valence-corrected chi connectivity index (χ2v) is 8.04. The molecule has 1 unspecified atom stereocenters. The van der Waals surface area contributed by atoms with E-state index < -0.39 is 5.97 Å². The molecule has 1 atom stereocenters. The summed E-state index contributed by atoms with van der Waals surface area (Å²) >= 11 is 3.12. The number of esters is 1. The van der Waals surface area contributed by atoms with E-state index in [1.54, 1.807) is 23.6 Å². The third-order valence-electron chi connectivity index (χ3n) is 4.34. The molecule has 3 heterocycles. The van der Waals surface area contributed by atoms with Crippen molar-refractivity contribution in [2.24, 2.45) is 5.10 Å².